The zero-order chi connectivity index (χ0) is 18.1. The molecule has 0 amide bonds. The van der Waals surface area contributed by atoms with Gasteiger partial charge < -0.3 is 5.32 Å². The third kappa shape index (κ3) is 3.06. The third-order valence-corrected chi connectivity index (χ3v) is 5.18. The van der Waals surface area contributed by atoms with Crippen LogP contribution in [-0.4, -0.2) is 26.2 Å². The van der Waals surface area contributed by atoms with Gasteiger partial charge in [0.15, 0.2) is 5.13 Å². The maximum atomic E-state index is 14.2. The molecule has 1 aromatic carbocycles. The summed E-state index contributed by atoms with van der Waals surface area (Å²) >= 11 is 1.52. The van der Waals surface area contributed by atoms with E-state index in [1.807, 2.05) is 12.1 Å². The number of thiazole rings is 1. The highest BCUT2D eigenvalue weighted by molar-refractivity contribution is 7.21. The molecule has 0 saturated carbocycles. The van der Waals surface area contributed by atoms with E-state index in [2.05, 4.69) is 34.3 Å². The van der Waals surface area contributed by atoms with Gasteiger partial charge in [-0.1, -0.05) is 30.4 Å². The number of fused-ring (bicyclic) bond motifs is 1. The van der Waals surface area contributed by atoms with E-state index >= 15 is 0 Å². The van der Waals surface area contributed by atoms with Crippen LogP contribution in [0.5, 0.6) is 0 Å². The second kappa shape index (κ2) is 6.84. The van der Waals surface area contributed by atoms with Gasteiger partial charge >= 0.3 is 0 Å². The van der Waals surface area contributed by atoms with Crippen molar-refractivity contribution in [3.8, 4) is 22.5 Å². The molecule has 0 aliphatic rings. The number of aromatic amines is 1. The third-order valence-electron chi connectivity index (χ3n) is 4.28. The first-order valence-electron chi connectivity index (χ1n) is 8.49. The van der Waals surface area contributed by atoms with Crippen molar-refractivity contribution in [1.29, 1.82) is 0 Å². The van der Waals surface area contributed by atoms with Crippen LogP contribution < -0.4 is 5.32 Å². The summed E-state index contributed by atoms with van der Waals surface area (Å²) in [5.74, 6) is -0.306. The molecule has 0 saturated heterocycles. The molecule has 2 N–H and O–H groups in total. The Kier molecular flexibility index (Phi) is 4.38. The summed E-state index contributed by atoms with van der Waals surface area (Å²) in [6.07, 6.45) is 2.77. The Bertz CT molecular complexity index is 1050. The zero-order valence-electron chi connectivity index (χ0n) is 14.5. The molecule has 3 aromatic heterocycles. The van der Waals surface area contributed by atoms with Crippen LogP contribution in [0.2, 0.25) is 0 Å². The smallest absolute Gasteiger partial charge is 0.185 e. The Morgan fingerprint density at radius 1 is 1.15 bits per heavy atom. The predicted octanol–water partition coefficient (Wildman–Crippen LogP) is 5.10. The zero-order valence-corrected chi connectivity index (χ0v) is 15.3. The highest BCUT2D eigenvalue weighted by Crippen LogP contribution is 2.33. The van der Waals surface area contributed by atoms with Crippen LogP contribution in [0.25, 0.3) is 32.9 Å². The Hall–Kier alpha value is -2.80. The van der Waals surface area contributed by atoms with Gasteiger partial charge in [-0.15, -0.1) is 0 Å². The van der Waals surface area contributed by atoms with E-state index < -0.39 is 0 Å². The van der Waals surface area contributed by atoms with Gasteiger partial charge in [0.1, 0.15) is 21.9 Å². The Morgan fingerprint density at radius 3 is 2.81 bits per heavy atom. The summed E-state index contributed by atoms with van der Waals surface area (Å²) in [5, 5.41) is 11.3. The van der Waals surface area contributed by atoms with Gasteiger partial charge in [0.05, 0.1) is 5.69 Å². The van der Waals surface area contributed by atoms with E-state index in [0.717, 1.165) is 33.2 Å². The van der Waals surface area contributed by atoms with Crippen LogP contribution in [0.4, 0.5) is 9.52 Å². The molecule has 0 unspecified atom stereocenters. The number of benzene rings is 1. The Labute approximate surface area is 154 Å². The van der Waals surface area contributed by atoms with Crippen molar-refractivity contribution in [3.05, 3.63) is 48.4 Å². The van der Waals surface area contributed by atoms with Gasteiger partial charge in [0.25, 0.3) is 0 Å². The second-order valence-corrected chi connectivity index (χ2v) is 7.10. The Balaban J connectivity index is 1.74. The number of hydrogen-bond acceptors (Lipinski definition) is 5. The molecule has 26 heavy (non-hydrogen) atoms. The lowest BCUT2D eigenvalue weighted by Crippen LogP contribution is -2.12. The molecule has 0 spiro atoms. The molecule has 5 nitrogen and oxygen atoms in total. The number of pyridine rings is 1. The number of halogens is 1. The van der Waals surface area contributed by atoms with Gasteiger partial charge in [-0.05, 0) is 37.6 Å². The molecule has 0 aliphatic heterocycles. The summed E-state index contributed by atoms with van der Waals surface area (Å²) in [4.78, 5) is 10.1. The molecular formula is C19H18FN5S. The standard InChI is InChI=1S/C19H18FN5S/c1-3-11(2)22-19-24-16-9-8-15(23-18(16)26-19)13-10-21-25-17(13)12-6-4-5-7-14(12)20/h4-11H,3H2,1-2H3,(H,21,25)(H,22,24)/t11-/m0/s1. The van der Waals surface area contributed by atoms with E-state index in [-0.39, 0.29) is 5.82 Å². The molecule has 3 heterocycles. The highest BCUT2D eigenvalue weighted by Gasteiger charge is 2.16. The van der Waals surface area contributed by atoms with Crippen molar-refractivity contribution in [1.82, 2.24) is 20.2 Å². The monoisotopic (exact) mass is 367 g/mol. The number of nitrogens with zero attached hydrogens (tertiary/aromatic N) is 3. The highest BCUT2D eigenvalue weighted by atomic mass is 32.1. The number of hydrogen-bond donors (Lipinski definition) is 2. The topological polar surface area (TPSA) is 66.5 Å². The summed E-state index contributed by atoms with van der Waals surface area (Å²) in [6.45, 7) is 4.25. The molecule has 132 valence electrons. The fraction of sp³-hybridized carbons (Fsp3) is 0.211. The lowest BCUT2D eigenvalue weighted by molar-refractivity contribution is 0.630. The van der Waals surface area contributed by atoms with Gasteiger partial charge in [-0.25, -0.2) is 14.4 Å². The van der Waals surface area contributed by atoms with Crippen molar-refractivity contribution < 1.29 is 4.39 Å². The first-order chi connectivity index (χ1) is 12.7. The van der Waals surface area contributed by atoms with Gasteiger partial charge in [-0.2, -0.15) is 5.10 Å². The first kappa shape index (κ1) is 16.7. The molecule has 4 aromatic rings. The number of H-pyrrole nitrogens is 1. The number of anilines is 1. The Morgan fingerprint density at radius 2 is 2.00 bits per heavy atom. The summed E-state index contributed by atoms with van der Waals surface area (Å²) < 4.78 is 14.2. The number of nitrogens with one attached hydrogen (secondary N) is 2. The maximum Gasteiger partial charge on any atom is 0.185 e. The molecule has 1 atom stereocenters. The SMILES string of the molecule is CC[C@H](C)Nc1nc2ccc(-c3c[nH]nc3-c3ccccc3F)nc2s1. The van der Waals surface area contributed by atoms with Crippen LogP contribution in [-0.2, 0) is 0 Å². The van der Waals surface area contributed by atoms with Crippen LogP contribution in [0.3, 0.4) is 0 Å². The van der Waals surface area contributed by atoms with Gasteiger partial charge in [-0.3, -0.25) is 5.10 Å². The molecular weight excluding hydrogens is 349 g/mol. The molecule has 0 aliphatic carbocycles. The minimum Gasteiger partial charge on any atom is -0.359 e. The number of aromatic nitrogens is 4. The molecule has 4 rings (SSSR count). The van der Waals surface area contributed by atoms with Crippen molar-refractivity contribution in [2.45, 2.75) is 26.3 Å². The molecule has 0 radical (unpaired) electrons. The van der Waals surface area contributed by atoms with Crippen LogP contribution in [0.1, 0.15) is 20.3 Å². The average Bonchev–Trinajstić information content (AvgIpc) is 3.27. The predicted molar refractivity (Wildman–Crippen MR) is 104 cm³/mol. The first-order valence-corrected chi connectivity index (χ1v) is 9.30. The summed E-state index contributed by atoms with van der Waals surface area (Å²) in [6, 6.07) is 10.8. The van der Waals surface area contributed by atoms with Crippen molar-refractivity contribution in [3.63, 3.8) is 0 Å². The molecule has 0 fully saturated rings. The van der Waals surface area contributed by atoms with E-state index in [1.54, 1.807) is 24.4 Å². The van der Waals surface area contributed by atoms with Gasteiger partial charge in [0, 0.05) is 23.4 Å². The van der Waals surface area contributed by atoms with Crippen LogP contribution >= 0.6 is 11.3 Å². The van der Waals surface area contributed by atoms with Crippen LogP contribution in [0.15, 0.2) is 42.6 Å². The maximum absolute atomic E-state index is 14.2. The van der Waals surface area contributed by atoms with Crippen molar-refractivity contribution >= 4 is 26.8 Å². The number of rotatable bonds is 5. The van der Waals surface area contributed by atoms with E-state index in [4.69, 9.17) is 4.98 Å². The quantitative estimate of drug-likeness (QED) is 0.515. The van der Waals surface area contributed by atoms with Crippen molar-refractivity contribution in [2.24, 2.45) is 0 Å². The summed E-state index contributed by atoms with van der Waals surface area (Å²) in [7, 11) is 0. The lowest BCUT2D eigenvalue weighted by Gasteiger charge is -2.08. The van der Waals surface area contributed by atoms with E-state index in [9.17, 15) is 4.39 Å². The lowest BCUT2D eigenvalue weighted by atomic mass is 10.1. The second-order valence-electron chi connectivity index (χ2n) is 6.12. The average molecular weight is 367 g/mol. The molecule has 7 heteroatoms. The fourth-order valence-corrected chi connectivity index (χ4v) is 3.63. The fourth-order valence-electron chi connectivity index (χ4n) is 2.69. The van der Waals surface area contributed by atoms with Gasteiger partial charge in [0.2, 0.25) is 0 Å². The normalized spacial score (nSPS) is 12.4. The molecule has 0 bridgehead atoms. The largest absolute Gasteiger partial charge is 0.359 e. The minimum atomic E-state index is -0.306. The van der Waals surface area contributed by atoms with Crippen molar-refractivity contribution in [2.75, 3.05) is 5.32 Å². The minimum absolute atomic E-state index is 0.306. The summed E-state index contributed by atoms with van der Waals surface area (Å²) in [5.41, 5.74) is 3.36. The van der Waals surface area contributed by atoms with Crippen LogP contribution in [0, 0.1) is 5.82 Å². The van der Waals surface area contributed by atoms with E-state index in [1.165, 1.54) is 17.4 Å². The van der Waals surface area contributed by atoms with E-state index in [0.29, 0.717) is 17.3 Å².